The van der Waals surface area contributed by atoms with Crippen molar-refractivity contribution in [3.8, 4) is 16.5 Å². The van der Waals surface area contributed by atoms with Gasteiger partial charge >= 0.3 is 0 Å². The molecule has 3 heterocycles. The molecular formula is C23H26N4O2S2. The predicted octanol–water partition coefficient (Wildman–Crippen LogP) is 5.66. The Morgan fingerprint density at radius 2 is 2.03 bits per heavy atom. The summed E-state index contributed by atoms with van der Waals surface area (Å²) in [5.74, 6) is 1.92. The number of thiocarbonyl (C=S) groups is 1. The average Bonchev–Trinajstić information content (AvgIpc) is 3.48. The topological polar surface area (TPSA) is 63.4 Å². The number of allylic oxidation sites excluding steroid dienone is 1. The quantitative estimate of drug-likeness (QED) is 0.348. The SMILES string of the molecule is CCCCCN1C(=S)NC(c2ccc(OC)cc2)C(c2nc(-c3cccs3)no2)=C1C. The van der Waals surface area contributed by atoms with Gasteiger partial charge in [-0.15, -0.1) is 11.3 Å². The molecule has 0 aliphatic carbocycles. The van der Waals surface area contributed by atoms with E-state index >= 15 is 0 Å². The lowest BCUT2D eigenvalue weighted by atomic mass is 9.94. The summed E-state index contributed by atoms with van der Waals surface area (Å²) in [5.41, 5.74) is 3.05. The third-order valence-electron chi connectivity index (χ3n) is 5.43. The molecule has 0 saturated heterocycles. The monoisotopic (exact) mass is 454 g/mol. The van der Waals surface area contributed by atoms with Gasteiger partial charge in [0, 0.05) is 12.2 Å². The number of benzene rings is 1. The van der Waals surface area contributed by atoms with Gasteiger partial charge in [0.05, 0.1) is 23.6 Å². The van der Waals surface area contributed by atoms with Crippen LogP contribution in [0.4, 0.5) is 0 Å². The van der Waals surface area contributed by atoms with Crippen LogP contribution in [-0.4, -0.2) is 33.8 Å². The zero-order valence-electron chi connectivity index (χ0n) is 17.9. The van der Waals surface area contributed by atoms with E-state index in [9.17, 15) is 0 Å². The van der Waals surface area contributed by atoms with Crippen molar-refractivity contribution < 1.29 is 9.26 Å². The summed E-state index contributed by atoms with van der Waals surface area (Å²) in [5, 5.41) is 10.5. The summed E-state index contributed by atoms with van der Waals surface area (Å²) >= 11 is 7.33. The van der Waals surface area contributed by atoms with Crippen LogP contribution in [0.15, 0.2) is 52.0 Å². The smallest absolute Gasteiger partial charge is 0.258 e. The highest BCUT2D eigenvalue weighted by atomic mass is 32.1. The van der Waals surface area contributed by atoms with Crippen molar-refractivity contribution in [1.29, 1.82) is 0 Å². The number of unbranched alkanes of at least 4 members (excludes halogenated alkanes) is 2. The van der Waals surface area contributed by atoms with Crippen LogP contribution in [0.3, 0.4) is 0 Å². The summed E-state index contributed by atoms with van der Waals surface area (Å²) in [6.07, 6.45) is 3.39. The van der Waals surface area contributed by atoms with Gasteiger partial charge in [-0.3, -0.25) is 0 Å². The third-order valence-corrected chi connectivity index (χ3v) is 6.63. The number of methoxy groups -OCH3 is 1. The van der Waals surface area contributed by atoms with E-state index in [0.29, 0.717) is 11.7 Å². The molecule has 31 heavy (non-hydrogen) atoms. The first-order valence-corrected chi connectivity index (χ1v) is 11.7. The molecule has 0 spiro atoms. The Kier molecular flexibility index (Phi) is 6.67. The number of thiophene rings is 1. The second-order valence-corrected chi connectivity index (χ2v) is 8.75. The molecule has 8 heteroatoms. The van der Waals surface area contributed by atoms with Gasteiger partial charge < -0.3 is 19.5 Å². The van der Waals surface area contributed by atoms with Gasteiger partial charge in [0.25, 0.3) is 5.89 Å². The molecular weight excluding hydrogens is 428 g/mol. The summed E-state index contributed by atoms with van der Waals surface area (Å²) in [6, 6.07) is 11.8. The van der Waals surface area contributed by atoms with Gasteiger partial charge in [0.2, 0.25) is 5.82 Å². The fourth-order valence-corrected chi connectivity index (χ4v) is 4.73. The fourth-order valence-electron chi connectivity index (χ4n) is 3.73. The average molecular weight is 455 g/mol. The fraction of sp³-hybridized carbons (Fsp3) is 0.348. The van der Waals surface area contributed by atoms with Crippen LogP contribution in [0.5, 0.6) is 5.75 Å². The normalized spacial score (nSPS) is 16.5. The molecule has 6 nitrogen and oxygen atoms in total. The number of hydrogen-bond donors (Lipinski definition) is 1. The first-order valence-electron chi connectivity index (χ1n) is 10.4. The molecule has 3 aromatic rings. The van der Waals surface area contributed by atoms with E-state index < -0.39 is 0 Å². The Morgan fingerprint density at radius 1 is 1.23 bits per heavy atom. The lowest BCUT2D eigenvalue weighted by molar-refractivity contribution is 0.395. The summed E-state index contributed by atoms with van der Waals surface area (Å²) in [4.78, 5) is 7.86. The Hall–Kier alpha value is -2.71. The number of rotatable bonds is 8. The first-order chi connectivity index (χ1) is 15.1. The van der Waals surface area contributed by atoms with Gasteiger partial charge in [-0.25, -0.2) is 0 Å². The van der Waals surface area contributed by atoms with Crippen molar-refractivity contribution >= 4 is 34.2 Å². The third kappa shape index (κ3) is 4.50. The molecule has 2 aromatic heterocycles. The van der Waals surface area contributed by atoms with E-state index in [0.717, 1.165) is 58.4 Å². The maximum atomic E-state index is 5.76. The lowest BCUT2D eigenvalue weighted by Gasteiger charge is -2.37. The van der Waals surface area contributed by atoms with E-state index in [1.54, 1.807) is 18.4 Å². The van der Waals surface area contributed by atoms with Gasteiger partial charge in [0.1, 0.15) is 5.75 Å². The summed E-state index contributed by atoms with van der Waals surface area (Å²) < 4.78 is 11.1. The molecule has 0 fully saturated rings. The maximum Gasteiger partial charge on any atom is 0.258 e. The number of nitrogens with zero attached hydrogens (tertiary/aromatic N) is 3. The largest absolute Gasteiger partial charge is 0.497 e. The predicted molar refractivity (Wildman–Crippen MR) is 128 cm³/mol. The maximum absolute atomic E-state index is 5.76. The first kappa shape index (κ1) is 21.5. The standard InChI is InChI=1S/C23H26N4O2S2/c1-4-5-6-13-27-15(2)19(22-25-21(26-29-22)18-8-7-14-31-18)20(24-23(27)30)16-9-11-17(28-3)12-10-16/h7-12,14,20H,4-6,13H2,1-3H3,(H,24,30). The van der Waals surface area contributed by atoms with E-state index in [1.165, 1.54) is 0 Å². The van der Waals surface area contributed by atoms with Crippen molar-refractivity contribution in [3.05, 3.63) is 58.9 Å². The van der Waals surface area contributed by atoms with Crippen molar-refractivity contribution in [2.45, 2.75) is 39.2 Å². The Labute approximate surface area is 191 Å². The number of hydrogen-bond acceptors (Lipinski definition) is 6. The van der Waals surface area contributed by atoms with Gasteiger partial charge in [-0.1, -0.05) is 43.1 Å². The molecule has 0 saturated carbocycles. The van der Waals surface area contributed by atoms with Crippen molar-refractivity contribution in [3.63, 3.8) is 0 Å². The lowest BCUT2D eigenvalue weighted by Crippen LogP contribution is -2.46. The van der Waals surface area contributed by atoms with Gasteiger partial charge in [-0.05, 0) is 54.7 Å². The number of ether oxygens (including phenoxy) is 1. The molecule has 1 aliphatic heterocycles. The van der Waals surface area contributed by atoms with Crippen LogP contribution in [-0.2, 0) is 0 Å². The summed E-state index contributed by atoms with van der Waals surface area (Å²) in [6.45, 7) is 5.14. The molecule has 1 atom stereocenters. The van der Waals surface area contributed by atoms with Crippen LogP contribution >= 0.6 is 23.6 Å². The highest BCUT2D eigenvalue weighted by Gasteiger charge is 2.34. The van der Waals surface area contributed by atoms with Crippen LogP contribution in [0.2, 0.25) is 0 Å². The van der Waals surface area contributed by atoms with Crippen LogP contribution in [0.1, 0.15) is 50.6 Å². The Balaban J connectivity index is 1.75. The zero-order valence-corrected chi connectivity index (χ0v) is 19.6. The molecule has 162 valence electrons. The molecule has 0 bridgehead atoms. The molecule has 1 aliphatic rings. The summed E-state index contributed by atoms with van der Waals surface area (Å²) in [7, 11) is 1.66. The van der Waals surface area contributed by atoms with Gasteiger partial charge in [-0.2, -0.15) is 4.98 Å². The number of aromatic nitrogens is 2. The molecule has 1 aromatic carbocycles. The second kappa shape index (κ2) is 9.62. The highest BCUT2D eigenvalue weighted by Crippen LogP contribution is 2.38. The minimum atomic E-state index is -0.183. The Morgan fingerprint density at radius 3 is 2.71 bits per heavy atom. The van der Waals surface area contributed by atoms with Crippen molar-refractivity contribution in [2.24, 2.45) is 0 Å². The van der Waals surface area contributed by atoms with Crippen molar-refractivity contribution in [2.75, 3.05) is 13.7 Å². The Bertz CT molecular complexity index is 1060. The van der Waals surface area contributed by atoms with Gasteiger partial charge in [0.15, 0.2) is 5.11 Å². The molecule has 0 radical (unpaired) electrons. The van der Waals surface area contributed by atoms with E-state index in [-0.39, 0.29) is 6.04 Å². The molecule has 4 rings (SSSR count). The second-order valence-electron chi connectivity index (χ2n) is 7.41. The van der Waals surface area contributed by atoms with E-state index in [2.05, 4.69) is 29.2 Å². The highest BCUT2D eigenvalue weighted by molar-refractivity contribution is 7.80. The van der Waals surface area contributed by atoms with Crippen LogP contribution < -0.4 is 10.1 Å². The van der Waals surface area contributed by atoms with Crippen LogP contribution in [0.25, 0.3) is 16.3 Å². The molecule has 1 N–H and O–H groups in total. The molecule has 0 amide bonds. The minimum Gasteiger partial charge on any atom is -0.497 e. The van der Waals surface area contributed by atoms with E-state index in [1.807, 2.05) is 41.8 Å². The van der Waals surface area contributed by atoms with Crippen LogP contribution in [0, 0.1) is 0 Å². The minimum absolute atomic E-state index is 0.183. The number of nitrogens with one attached hydrogen (secondary N) is 1. The zero-order chi connectivity index (χ0) is 21.8. The van der Waals surface area contributed by atoms with E-state index in [4.69, 9.17) is 26.5 Å². The van der Waals surface area contributed by atoms with Crippen molar-refractivity contribution in [1.82, 2.24) is 20.4 Å². The molecule has 1 unspecified atom stereocenters.